The standard InChI is InChI=1S/C15H17N5S/c1-18-6-8-19(9-7-18)15-14-12(4-5-16-15)20(11-17-14)13-3-2-10-21-13/h2-5,10-11H,6-9H2,1H3. The van der Waals surface area contributed by atoms with Crippen LogP contribution in [0.15, 0.2) is 36.1 Å². The van der Waals surface area contributed by atoms with Gasteiger partial charge in [-0.05, 0) is 30.6 Å². The third kappa shape index (κ3) is 2.20. The van der Waals surface area contributed by atoms with E-state index in [4.69, 9.17) is 0 Å². The molecule has 3 aromatic rings. The SMILES string of the molecule is CN1CCN(c2nccc3c2ncn3-c2cccs2)CC1. The van der Waals surface area contributed by atoms with Gasteiger partial charge in [-0.3, -0.25) is 4.57 Å². The molecule has 3 aromatic heterocycles. The van der Waals surface area contributed by atoms with Crippen LogP contribution in [0.1, 0.15) is 0 Å². The van der Waals surface area contributed by atoms with Crippen molar-refractivity contribution in [3.05, 3.63) is 36.1 Å². The number of rotatable bonds is 2. The van der Waals surface area contributed by atoms with Crippen molar-refractivity contribution in [2.45, 2.75) is 0 Å². The average molecular weight is 299 g/mol. The molecule has 1 saturated heterocycles. The number of piperazine rings is 1. The predicted molar refractivity (Wildman–Crippen MR) is 86.5 cm³/mol. The summed E-state index contributed by atoms with van der Waals surface area (Å²) in [6.45, 7) is 4.16. The van der Waals surface area contributed by atoms with Gasteiger partial charge in [-0.1, -0.05) is 0 Å². The average Bonchev–Trinajstić information content (AvgIpc) is 3.16. The maximum Gasteiger partial charge on any atom is 0.156 e. The molecule has 108 valence electrons. The molecule has 0 amide bonds. The number of likely N-dealkylation sites (N-methyl/N-ethyl adjacent to an activating group) is 1. The fourth-order valence-corrected chi connectivity index (χ4v) is 3.47. The van der Waals surface area contributed by atoms with Gasteiger partial charge in [0.1, 0.15) is 16.8 Å². The van der Waals surface area contributed by atoms with Gasteiger partial charge in [-0.25, -0.2) is 9.97 Å². The van der Waals surface area contributed by atoms with E-state index >= 15 is 0 Å². The lowest BCUT2D eigenvalue weighted by Crippen LogP contribution is -2.44. The van der Waals surface area contributed by atoms with Crippen LogP contribution >= 0.6 is 11.3 Å². The Morgan fingerprint density at radius 2 is 1.95 bits per heavy atom. The van der Waals surface area contributed by atoms with E-state index in [1.807, 2.05) is 18.6 Å². The Balaban J connectivity index is 1.77. The number of hydrogen-bond donors (Lipinski definition) is 0. The van der Waals surface area contributed by atoms with Crippen LogP contribution in [0.2, 0.25) is 0 Å². The van der Waals surface area contributed by atoms with Crippen LogP contribution in [-0.2, 0) is 0 Å². The summed E-state index contributed by atoms with van der Waals surface area (Å²) in [5, 5.41) is 3.28. The van der Waals surface area contributed by atoms with Crippen molar-refractivity contribution in [1.29, 1.82) is 0 Å². The van der Waals surface area contributed by atoms with Gasteiger partial charge in [-0.15, -0.1) is 11.3 Å². The molecule has 0 saturated carbocycles. The van der Waals surface area contributed by atoms with Gasteiger partial charge in [-0.2, -0.15) is 0 Å². The van der Waals surface area contributed by atoms with Crippen molar-refractivity contribution < 1.29 is 0 Å². The second-order valence-electron chi connectivity index (χ2n) is 5.36. The van der Waals surface area contributed by atoms with Crippen LogP contribution in [0.5, 0.6) is 0 Å². The van der Waals surface area contributed by atoms with Crippen molar-refractivity contribution in [1.82, 2.24) is 19.4 Å². The predicted octanol–water partition coefficient (Wildman–Crippen LogP) is 2.23. The Labute approximate surface area is 127 Å². The number of imidazole rings is 1. The van der Waals surface area contributed by atoms with Gasteiger partial charge in [0, 0.05) is 32.4 Å². The number of fused-ring (bicyclic) bond motifs is 1. The molecular weight excluding hydrogens is 282 g/mol. The molecule has 1 aliphatic heterocycles. The Hall–Kier alpha value is -1.92. The Morgan fingerprint density at radius 1 is 1.10 bits per heavy atom. The number of aromatic nitrogens is 3. The summed E-state index contributed by atoms with van der Waals surface area (Å²) in [4.78, 5) is 13.9. The van der Waals surface area contributed by atoms with E-state index in [0.717, 1.165) is 43.0 Å². The second-order valence-corrected chi connectivity index (χ2v) is 6.28. The zero-order valence-electron chi connectivity index (χ0n) is 11.9. The lowest BCUT2D eigenvalue weighted by Gasteiger charge is -2.33. The number of nitrogens with zero attached hydrogens (tertiary/aromatic N) is 5. The number of anilines is 1. The molecule has 6 heteroatoms. The molecule has 4 heterocycles. The highest BCUT2D eigenvalue weighted by Gasteiger charge is 2.19. The lowest BCUT2D eigenvalue weighted by molar-refractivity contribution is 0.312. The van der Waals surface area contributed by atoms with Gasteiger partial charge in [0.05, 0.1) is 5.52 Å². The molecule has 0 spiro atoms. The highest BCUT2D eigenvalue weighted by molar-refractivity contribution is 7.12. The summed E-state index contributed by atoms with van der Waals surface area (Å²) in [6.07, 6.45) is 3.79. The lowest BCUT2D eigenvalue weighted by atomic mass is 10.3. The van der Waals surface area contributed by atoms with Gasteiger partial charge in [0.15, 0.2) is 5.82 Å². The first-order chi connectivity index (χ1) is 10.3. The van der Waals surface area contributed by atoms with E-state index in [-0.39, 0.29) is 0 Å². The summed E-state index contributed by atoms with van der Waals surface area (Å²) in [5.74, 6) is 1.01. The van der Waals surface area contributed by atoms with Crippen molar-refractivity contribution in [3.8, 4) is 5.00 Å². The number of pyridine rings is 1. The van der Waals surface area contributed by atoms with Crippen LogP contribution < -0.4 is 4.90 Å². The molecule has 0 atom stereocenters. The summed E-state index contributed by atoms with van der Waals surface area (Å²) in [6, 6.07) is 6.22. The smallest absolute Gasteiger partial charge is 0.156 e. The van der Waals surface area contributed by atoms with E-state index in [2.05, 4.69) is 48.9 Å². The molecule has 1 fully saturated rings. The van der Waals surface area contributed by atoms with Crippen molar-refractivity contribution in [2.75, 3.05) is 38.1 Å². The molecule has 5 nitrogen and oxygen atoms in total. The maximum atomic E-state index is 4.62. The minimum Gasteiger partial charge on any atom is -0.352 e. The molecule has 0 unspecified atom stereocenters. The summed E-state index contributed by atoms with van der Waals surface area (Å²) in [5.41, 5.74) is 2.12. The fraction of sp³-hybridized carbons (Fsp3) is 0.333. The normalized spacial score (nSPS) is 16.7. The van der Waals surface area contributed by atoms with Gasteiger partial charge < -0.3 is 9.80 Å². The topological polar surface area (TPSA) is 37.2 Å². The first kappa shape index (κ1) is 12.8. The van der Waals surface area contributed by atoms with Crippen molar-refractivity contribution >= 4 is 28.2 Å². The largest absolute Gasteiger partial charge is 0.352 e. The van der Waals surface area contributed by atoms with Gasteiger partial charge >= 0.3 is 0 Å². The molecule has 4 rings (SSSR count). The molecule has 1 aliphatic rings. The van der Waals surface area contributed by atoms with Crippen LogP contribution in [-0.4, -0.2) is 52.7 Å². The van der Waals surface area contributed by atoms with E-state index in [0.29, 0.717) is 0 Å². The number of thiophene rings is 1. The molecule has 0 radical (unpaired) electrons. The third-order valence-electron chi connectivity index (χ3n) is 3.99. The van der Waals surface area contributed by atoms with Crippen LogP contribution in [0.4, 0.5) is 5.82 Å². The van der Waals surface area contributed by atoms with Crippen molar-refractivity contribution in [3.63, 3.8) is 0 Å². The minimum absolute atomic E-state index is 0.996. The maximum absolute atomic E-state index is 4.62. The molecule has 0 N–H and O–H groups in total. The minimum atomic E-state index is 0.996. The van der Waals surface area contributed by atoms with Crippen LogP contribution in [0.25, 0.3) is 16.0 Å². The first-order valence-electron chi connectivity index (χ1n) is 7.12. The molecule has 0 aromatic carbocycles. The molecule has 0 bridgehead atoms. The monoisotopic (exact) mass is 299 g/mol. The highest BCUT2D eigenvalue weighted by atomic mass is 32.1. The Bertz CT molecular complexity index is 741. The van der Waals surface area contributed by atoms with E-state index in [9.17, 15) is 0 Å². The van der Waals surface area contributed by atoms with Gasteiger partial charge in [0.25, 0.3) is 0 Å². The molecular formula is C15H17N5S. The fourth-order valence-electron chi connectivity index (χ4n) is 2.76. The quantitative estimate of drug-likeness (QED) is 0.727. The molecule has 21 heavy (non-hydrogen) atoms. The first-order valence-corrected chi connectivity index (χ1v) is 8.00. The van der Waals surface area contributed by atoms with Crippen LogP contribution in [0.3, 0.4) is 0 Å². The van der Waals surface area contributed by atoms with E-state index < -0.39 is 0 Å². The number of hydrogen-bond acceptors (Lipinski definition) is 5. The van der Waals surface area contributed by atoms with E-state index in [1.54, 1.807) is 11.3 Å². The second kappa shape index (κ2) is 5.13. The zero-order chi connectivity index (χ0) is 14.2. The summed E-state index contributed by atoms with van der Waals surface area (Å²) >= 11 is 1.72. The third-order valence-corrected chi connectivity index (χ3v) is 4.86. The Morgan fingerprint density at radius 3 is 2.71 bits per heavy atom. The summed E-state index contributed by atoms with van der Waals surface area (Å²) in [7, 11) is 2.16. The van der Waals surface area contributed by atoms with E-state index in [1.165, 1.54) is 5.00 Å². The van der Waals surface area contributed by atoms with Crippen molar-refractivity contribution in [2.24, 2.45) is 0 Å². The molecule has 0 aliphatic carbocycles. The Kier molecular flexibility index (Phi) is 3.12. The zero-order valence-corrected chi connectivity index (χ0v) is 12.8. The van der Waals surface area contributed by atoms with Gasteiger partial charge in [0.2, 0.25) is 0 Å². The summed E-state index contributed by atoms with van der Waals surface area (Å²) < 4.78 is 2.14. The van der Waals surface area contributed by atoms with Crippen LogP contribution in [0, 0.1) is 0 Å². The highest BCUT2D eigenvalue weighted by Crippen LogP contribution is 2.27.